The lowest BCUT2D eigenvalue weighted by atomic mass is 10.0. The Morgan fingerprint density at radius 2 is 1.96 bits per heavy atom. The Morgan fingerprint density at radius 3 is 2.50 bits per heavy atom. The van der Waals surface area contributed by atoms with Gasteiger partial charge in [-0.2, -0.15) is 5.26 Å². The summed E-state index contributed by atoms with van der Waals surface area (Å²) in [4.78, 5) is 25.2. The maximum absolute atomic E-state index is 12.6. The highest BCUT2D eigenvalue weighted by atomic mass is 16.2. The normalized spacial score (nSPS) is 22.5. The number of fused-ring (bicyclic) bond motifs is 1. The molecule has 2 aliphatic heterocycles. The number of aryl methyl sites for hydroxylation is 1. The molecule has 7 heteroatoms. The third-order valence-corrected chi connectivity index (χ3v) is 5.01. The summed E-state index contributed by atoms with van der Waals surface area (Å²) in [7, 11) is 1.84. The molecule has 0 spiro atoms. The zero-order valence-corrected chi connectivity index (χ0v) is 13.5. The molecule has 4 heterocycles. The third-order valence-electron chi connectivity index (χ3n) is 5.01. The number of hydrogen-bond donors (Lipinski definition) is 0. The van der Waals surface area contributed by atoms with Crippen molar-refractivity contribution in [3.8, 4) is 6.07 Å². The van der Waals surface area contributed by atoms with Gasteiger partial charge < -0.3 is 14.4 Å². The summed E-state index contributed by atoms with van der Waals surface area (Å²) in [5.74, 6) is 1.92. The minimum Gasteiger partial charge on any atom is -0.356 e. The molecule has 0 saturated carbocycles. The molecule has 4 rings (SSSR count). The summed E-state index contributed by atoms with van der Waals surface area (Å²) in [6.07, 6.45) is 4.90. The van der Waals surface area contributed by atoms with Crippen molar-refractivity contribution in [2.75, 3.05) is 31.1 Å². The predicted molar refractivity (Wildman–Crippen MR) is 87.3 cm³/mol. The number of aromatic nitrogens is 3. The largest absolute Gasteiger partial charge is 0.356 e. The van der Waals surface area contributed by atoms with Crippen molar-refractivity contribution < 1.29 is 4.79 Å². The summed E-state index contributed by atoms with van der Waals surface area (Å²) < 4.78 is 1.77. The molecule has 7 nitrogen and oxygen atoms in total. The van der Waals surface area contributed by atoms with Gasteiger partial charge in [0.25, 0.3) is 5.91 Å². The molecule has 2 aliphatic rings. The smallest absolute Gasteiger partial charge is 0.272 e. The van der Waals surface area contributed by atoms with Gasteiger partial charge in [-0.3, -0.25) is 4.79 Å². The van der Waals surface area contributed by atoms with Crippen LogP contribution in [0, 0.1) is 23.2 Å². The van der Waals surface area contributed by atoms with E-state index in [1.54, 1.807) is 29.4 Å². The molecular weight excluding hydrogens is 304 g/mol. The predicted octanol–water partition coefficient (Wildman–Crippen LogP) is 0.895. The average molecular weight is 322 g/mol. The van der Waals surface area contributed by atoms with E-state index < -0.39 is 0 Å². The first-order chi connectivity index (χ1) is 11.7. The van der Waals surface area contributed by atoms with Crippen LogP contribution in [0.25, 0.3) is 0 Å². The Bertz CT molecular complexity index is 791. The van der Waals surface area contributed by atoms with Crippen molar-refractivity contribution >= 4 is 11.7 Å². The van der Waals surface area contributed by atoms with Crippen LogP contribution in [0.2, 0.25) is 0 Å². The molecule has 0 radical (unpaired) electrons. The number of nitriles is 1. The summed E-state index contributed by atoms with van der Waals surface area (Å²) in [5.41, 5.74) is 1.21. The molecule has 0 aromatic carbocycles. The molecule has 2 aromatic heterocycles. The second kappa shape index (κ2) is 5.64. The van der Waals surface area contributed by atoms with Crippen LogP contribution in [-0.4, -0.2) is 51.5 Å². The van der Waals surface area contributed by atoms with Crippen molar-refractivity contribution in [2.45, 2.75) is 0 Å². The Balaban J connectivity index is 1.42. The Labute approximate surface area is 140 Å². The molecule has 0 bridgehead atoms. The molecule has 2 fully saturated rings. The van der Waals surface area contributed by atoms with Crippen molar-refractivity contribution in [2.24, 2.45) is 18.9 Å². The van der Waals surface area contributed by atoms with Gasteiger partial charge in [-0.05, 0) is 12.1 Å². The fraction of sp³-hybridized carbons (Fsp3) is 0.412. The first-order valence-electron chi connectivity index (χ1n) is 8.02. The number of nitrogens with zero attached hydrogens (tertiary/aromatic N) is 6. The van der Waals surface area contributed by atoms with E-state index in [-0.39, 0.29) is 5.91 Å². The Hall–Kier alpha value is -2.88. The molecule has 2 atom stereocenters. The standard InChI is InChI=1S/C17H18N6O/c1-21-11-19-6-15(21)17(24)23-9-13-7-22(8-14(13)10-23)16-3-2-12(4-18)5-20-16/h2-3,5-6,11,13-14H,7-10H2,1H3. The van der Waals surface area contributed by atoms with Crippen molar-refractivity contribution in [3.63, 3.8) is 0 Å². The topological polar surface area (TPSA) is 78.0 Å². The van der Waals surface area contributed by atoms with E-state index in [0.29, 0.717) is 23.1 Å². The summed E-state index contributed by atoms with van der Waals surface area (Å²) in [5, 5.41) is 8.86. The molecule has 122 valence electrons. The summed E-state index contributed by atoms with van der Waals surface area (Å²) in [6.45, 7) is 3.36. The van der Waals surface area contributed by atoms with Crippen LogP contribution in [0.1, 0.15) is 16.1 Å². The number of pyridine rings is 1. The molecule has 24 heavy (non-hydrogen) atoms. The zero-order valence-electron chi connectivity index (χ0n) is 13.5. The second-order valence-electron chi connectivity index (χ2n) is 6.54. The van der Waals surface area contributed by atoms with Gasteiger partial charge in [0.05, 0.1) is 18.1 Å². The van der Waals surface area contributed by atoms with Crippen molar-refractivity contribution in [3.05, 3.63) is 42.1 Å². The van der Waals surface area contributed by atoms with Gasteiger partial charge in [0.2, 0.25) is 0 Å². The van der Waals surface area contributed by atoms with Gasteiger partial charge in [0.1, 0.15) is 17.6 Å². The fourth-order valence-corrected chi connectivity index (χ4v) is 3.71. The number of amides is 1. The zero-order chi connectivity index (χ0) is 16.7. The second-order valence-corrected chi connectivity index (χ2v) is 6.54. The van der Waals surface area contributed by atoms with Crippen LogP contribution in [0.4, 0.5) is 5.82 Å². The molecule has 1 amide bonds. The van der Waals surface area contributed by atoms with Crippen LogP contribution in [-0.2, 0) is 7.05 Å². The van der Waals surface area contributed by atoms with E-state index in [1.807, 2.05) is 18.0 Å². The van der Waals surface area contributed by atoms with Crippen molar-refractivity contribution in [1.82, 2.24) is 19.4 Å². The van der Waals surface area contributed by atoms with E-state index in [4.69, 9.17) is 5.26 Å². The van der Waals surface area contributed by atoms with Gasteiger partial charge in [-0.25, -0.2) is 9.97 Å². The maximum atomic E-state index is 12.6. The molecule has 2 unspecified atom stereocenters. The van der Waals surface area contributed by atoms with Crippen LogP contribution in [0.5, 0.6) is 0 Å². The van der Waals surface area contributed by atoms with E-state index >= 15 is 0 Å². The average Bonchev–Trinajstić information content (AvgIpc) is 3.28. The van der Waals surface area contributed by atoms with E-state index in [2.05, 4.69) is 20.9 Å². The molecule has 2 saturated heterocycles. The van der Waals surface area contributed by atoms with Crippen LogP contribution in [0.15, 0.2) is 30.9 Å². The minimum absolute atomic E-state index is 0.0625. The van der Waals surface area contributed by atoms with Crippen LogP contribution >= 0.6 is 0 Å². The number of carbonyl (C=O) groups is 1. The van der Waals surface area contributed by atoms with Gasteiger partial charge in [-0.15, -0.1) is 0 Å². The monoisotopic (exact) mass is 322 g/mol. The fourth-order valence-electron chi connectivity index (χ4n) is 3.71. The lowest BCUT2D eigenvalue weighted by Gasteiger charge is -2.22. The molecular formula is C17H18N6O. The SMILES string of the molecule is Cn1cncc1C(=O)N1CC2CN(c3ccc(C#N)cn3)CC2C1. The number of likely N-dealkylation sites (tertiary alicyclic amines) is 1. The van der Waals surface area contributed by atoms with E-state index in [9.17, 15) is 4.79 Å². The number of anilines is 1. The first-order valence-corrected chi connectivity index (χ1v) is 8.02. The van der Waals surface area contributed by atoms with Crippen molar-refractivity contribution in [1.29, 1.82) is 5.26 Å². The highest BCUT2D eigenvalue weighted by Gasteiger charge is 2.42. The first kappa shape index (κ1) is 14.7. The molecule has 0 aliphatic carbocycles. The highest BCUT2D eigenvalue weighted by molar-refractivity contribution is 5.92. The number of hydrogen-bond acceptors (Lipinski definition) is 5. The number of rotatable bonds is 2. The lowest BCUT2D eigenvalue weighted by Crippen LogP contribution is -2.34. The Kier molecular flexibility index (Phi) is 3.45. The van der Waals surface area contributed by atoms with Gasteiger partial charge in [0, 0.05) is 51.3 Å². The summed E-state index contributed by atoms with van der Waals surface area (Å²) in [6, 6.07) is 5.79. The molecule has 2 aromatic rings. The quantitative estimate of drug-likeness (QED) is 0.821. The van der Waals surface area contributed by atoms with Gasteiger partial charge in [-0.1, -0.05) is 0 Å². The van der Waals surface area contributed by atoms with Crippen LogP contribution in [0.3, 0.4) is 0 Å². The van der Waals surface area contributed by atoms with Gasteiger partial charge in [0.15, 0.2) is 0 Å². The van der Waals surface area contributed by atoms with E-state index in [0.717, 1.165) is 32.0 Å². The lowest BCUT2D eigenvalue weighted by molar-refractivity contribution is 0.0773. The Morgan fingerprint density at radius 1 is 1.21 bits per heavy atom. The third kappa shape index (κ3) is 2.40. The molecule has 0 N–H and O–H groups in total. The van der Waals surface area contributed by atoms with Gasteiger partial charge >= 0.3 is 0 Å². The number of imidazole rings is 1. The van der Waals surface area contributed by atoms with Crippen LogP contribution < -0.4 is 4.90 Å². The van der Waals surface area contributed by atoms with E-state index in [1.165, 1.54) is 0 Å². The minimum atomic E-state index is 0.0625. The highest BCUT2D eigenvalue weighted by Crippen LogP contribution is 2.33. The summed E-state index contributed by atoms with van der Waals surface area (Å²) >= 11 is 0. The number of carbonyl (C=O) groups excluding carboxylic acids is 1. The maximum Gasteiger partial charge on any atom is 0.272 e.